The van der Waals surface area contributed by atoms with Gasteiger partial charge in [-0.2, -0.15) is 17.0 Å². The molecule has 26 heavy (non-hydrogen) atoms. The average molecular weight is 375 g/mol. The van der Waals surface area contributed by atoms with Crippen molar-refractivity contribution < 1.29 is 8.42 Å². The summed E-state index contributed by atoms with van der Waals surface area (Å²) in [7, 11) is -0.187. The lowest BCUT2D eigenvalue weighted by Gasteiger charge is -2.32. The molecule has 1 aliphatic heterocycles. The number of aryl methyl sites for hydroxylation is 1. The molecule has 0 bridgehead atoms. The fourth-order valence-electron chi connectivity index (χ4n) is 3.09. The van der Waals surface area contributed by atoms with Crippen LogP contribution in [0.25, 0.3) is 0 Å². The molecule has 0 amide bonds. The summed E-state index contributed by atoms with van der Waals surface area (Å²) in [6, 6.07) is 7.93. The molecule has 0 unspecified atom stereocenters. The molecule has 1 saturated heterocycles. The number of nitrogens with zero attached hydrogens (tertiary/aromatic N) is 4. The number of nitrogens with one attached hydrogen (secondary N) is 1. The molecular weight excluding hydrogens is 350 g/mol. The maximum atomic E-state index is 12.2. The predicted molar refractivity (Wildman–Crippen MR) is 103 cm³/mol. The van der Waals surface area contributed by atoms with Crippen LogP contribution in [0, 0.1) is 6.92 Å². The molecule has 0 spiro atoms. The first-order valence-corrected chi connectivity index (χ1v) is 10.1. The van der Waals surface area contributed by atoms with Crippen LogP contribution in [0.15, 0.2) is 36.7 Å². The molecule has 0 saturated carbocycles. The Balaban J connectivity index is 1.63. The maximum Gasteiger partial charge on any atom is 0.281 e. The van der Waals surface area contributed by atoms with Crippen molar-refractivity contribution in [3.8, 4) is 0 Å². The van der Waals surface area contributed by atoms with Crippen LogP contribution in [0.4, 0.5) is 11.5 Å². The lowest BCUT2D eigenvalue weighted by Crippen LogP contribution is -2.44. The Labute approximate surface area is 155 Å². The Morgan fingerprint density at radius 3 is 2.46 bits per heavy atom. The van der Waals surface area contributed by atoms with Gasteiger partial charge in [-0.25, -0.2) is 4.98 Å². The fraction of sp³-hybridized carbons (Fsp3) is 0.444. The number of hydrogen-bond donors (Lipinski definition) is 1. The van der Waals surface area contributed by atoms with Crippen LogP contribution in [-0.4, -0.2) is 54.2 Å². The Morgan fingerprint density at radius 2 is 1.88 bits per heavy atom. The molecule has 8 heteroatoms. The first-order valence-electron chi connectivity index (χ1n) is 8.70. The Morgan fingerprint density at radius 1 is 1.15 bits per heavy atom. The van der Waals surface area contributed by atoms with E-state index in [0.29, 0.717) is 13.1 Å². The summed E-state index contributed by atoms with van der Waals surface area (Å²) in [5.74, 6) is 1.11. The standard InChI is InChI=1S/C18H25N5O2S/c1-14-5-4-10-19-18(14)21-16-6-7-17(20-13-16)15-8-11-23(12-9-15)26(24,25)22(2)3/h4-7,10,13,15H,8-9,11-12H2,1-3H3,(H,19,21). The Kier molecular flexibility index (Phi) is 5.55. The van der Waals surface area contributed by atoms with Gasteiger partial charge in [0.2, 0.25) is 0 Å². The van der Waals surface area contributed by atoms with E-state index in [1.807, 2.05) is 37.4 Å². The predicted octanol–water partition coefficient (Wildman–Crippen LogP) is 2.51. The van der Waals surface area contributed by atoms with Crippen molar-refractivity contribution in [1.82, 2.24) is 18.6 Å². The van der Waals surface area contributed by atoms with E-state index < -0.39 is 10.2 Å². The molecule has 0 aromatic carbocycles. The molecule has 1 N–H and O–H groups in total. The van der Waals surface area contributed by atoms with Gasteiger partial charge in [-0.15, -0.1) is 0 Å². The minimum atomic E-state index is -3.32. The third kappa shape index (κ3) is 4.03. The van der Waals surface area contributed by atoms with Crippen molar-refractivity contribution in [2.45, 2.75) is 25.7 Å². The summed E-state index contributed by atoms with van der Waals surface area (Å²) in [6.45, 7) is 3.06. The van der Waals surface area contributed by atoms with Crippen LogP contribution in [0.3, 0.4) is 0 Å². The third-order valence-electron chi connectivity index (χ3n) is 4.72. The number of anilines is 2. The molecule has 0 aliphatic carbocycles. The van der Waals surface area contributed by atoms with E-state index >= 15 is 0 Å². The van der Waals surface area contributed by atoms with Crippen molar-refractivity contribution in [3.05, 3.63) is 47.9 Å². The number of pyridine rings is 2. The van der Waals surface area contributed by atoms with Gasteiger partial charge >= 0.3 is 0 Å². The zero-order valence-electron chi connectivity index (χ0n) is 15.4. The highest BCUT2D eigenvalue weighted by Gasteiger charge is 2.30. The molecule has 1 fully saturated rings. The van der Waals surface area contributed by atoms with Crippen molar-refractivity contribution in [2.24, 2.45) is 0 Å². The number of hydrogen-bond acceptors (Lipinski definition) is 5. The van der Waals surface area contributed by atoms with Gasteiger partial charge in [0.05, 0.1) is 11.9 Å². The zero-order valence-corrected chi connectivity index (χ0v) is 16.2. The monoisotopic (exact) mass is 375 g/mol. The van der Waals surface area contributed by atoms with Gasteiger partial charge in [0.25, 0.3) is 10.2 Å². The highest BCUT2D eigenvalue weighted by Crippen LogP contribution is 2.29. The second-order valence-corrected chi connectivity index (χ2v) is 8.87. The molecule has 1 aliphatic rings. The summed E-state index contributed by atoms with van der Waals surface area (Å²) >= 11 is 0. The number of aromatic nitrogens is 2. The lowest BCUT2D eigenvalue weighted by atomic mass is 9.94. The van der Waals surface area contributed by atoms with Crippen LogP contribution in [0.2, 0.25) is 0 Å². The molecule has 3 rings (SSSR count). The van der Waals surface area contributed by atoms with Crippen molar-refractivity contribution in [2.75, 3.05) is 32.5 Å². The van der Waals surface area contributed by atoms with Gasteiger partial charge in [-0.1, -0.05) is 6.07 Å². The Bertz CT molecular complexity index is 844. The summed E-state index contributed by atoms with van der Waals surface area (Å²) in [4.78, 5) is 8.91. The lowest BCUT2D eigenvalue weighted by molar-refractivity contribution is 0.300. The van der Waals surface area contributed by atoms with Gasteiger partial charge in [-0.05, 0) is 43.5 Å². The van der Waals surface area contributed by atoms with Crippen LogP contribution in [0.5, 0.6) is 0 Å². The van der Waals surface area contributed by atoms with Crippen LogP contribution >= 0.6 is 0 Å². The van der Waals surface area contributed by atoms with E-state index in [2.05, 4.69) is 15.3 Å². The quantitative estimate of drug-likeness (QED) is 0.869. The van der Waals surface area contributed by atoms with E-state index in [0.717, 1.165) is 35.6 Å². The van der Waals surface area contributed by atoms with Crippen molar-refractivity contribution in [3.63, 3.8) is 0 Å². The minimum Gasteiger partial charge on any atom is -0.339 e. The molecule has 2 aromatic rings. The topological polar surface area (TPSA) is 78.4 Å². The molecular formula is C18H25N5O2S. The summed E-state index contributed by atoms with van der Waals surface area (Å²) in [6.07, 6.45) is 5.14. The summed E-state index contributed by atoms with van der Waals surface area (Å²) in [5, 5.41) is 3.28. The van der Waals surface area contributed by atoms with Crippen molar-refractivity contribution in [1.29, 1.82) is 0 Å². The Hall–Kier alpha value is -2.03. The zero-order chi connectivity index (χ0) is 18.7. The average Bonchev–Trinajstić information content (AvgIpc) is 2.64. The largest absolute Gasteiger partial charge is 0.339 e. The van der Waals surface area contributed by atoms with E-state index in [9.17, 15) is 8.42 Å². The highest BCUT2D eigenvalue weighted by atomic mass is 32.2. The highest BCUT2D eigenvalue weighted by molar-refractivity contribution is 7.86. The van der Waals surface area contributed by atoms with E-state index in [-0.39, 0.29) is 5.92 Å². The van der Waals surface area contributed by atoms with E-state index in [1.54, 1.807) is 24.6 Å². The first-order chi connectivity index (χ1) is 12.4. The molecule has 2 aromatic heterocycles. The normalized spacial score (nSPS) is 16.8. The van der Waals surface area contributed by atoms with Crippen LogP contribution in [0.1, 0.15) is 30.0 Å². The van der Waals surface area contributed by atoms with Gasteiger partial charge in [0.1, 0.15) is 5.82 Å². The van der Waals surface area contributed by atoms with Gasteiger partial charge in [0.15, 0.2) is 0 Å². The summed E-state index contributed by atoms with van der Waals surface area (Å²) < 4.78 is 27.2. The van der Waals surface area contributed by atoms with Gasteiger partial charge in [0, 0.05) is 45.0 Å². The second kappa shape index (κ2) is 7.69. The SMILES string of the molecule is Cc1cccnc1Nc1ccc(C2CCN(S(=O)(=O)N(C)C)CC2)nc1. The maximum absolute atomic E-state index is 12.2. The van der Waals surface area contributed by atoms with E-state index in [4.69, 9.17) is 0 Å². The summed E-state index contributed by atoms with van der Waals surface area (Å²) in [5.41, 5.74) is 2.98. The molecule has 7 nitrogen and oxygen atoms in total. The number of piperidine rings is 1. The van der Waals surface area contributed by atoms with Crippen molar-refractivity contribution >= 4 is 21.7 Å². The van der Waals surface area contributed by atoms with Crippen LogP contribution in [-0.2, 0) is 10.2 Å². The minimum absolute atomic E-state index is 0.286. The smallest absolute Gasteiger partial charge is 0.281 e. The van der Waals surface area contributed by atoms with Gasteiger partial charge in [-0.3, -0.25) is 4.98 Å². The van der Waals surface area contributed by atoms with Crippen LogP contribution < -0.4 is 5.32 Å². The second-order valence-electron chi connectivity index (χ2n) is 6.73. The van der Waals surface area contributed by atoms with E-state index in [1.165, 1.54) is 4.31 Å². The molecule has 0 radical (unpaired) electrons. The molecule has 140 valence electrons. The first kappa shape index (κ1) is 18.8. The fourth-order valence-corrected chi connectivity index (χ4v) is 4.22. The molecule has 0 atom stereocenters. The molecule has 3 heterocycles. The third-order valence-corrected chi connectivity index (χ3v) is 6.66. The van der Waals surface area contributed by atoms with Gasteiger partial charge < -0.3 is 5.32 Å². The number of rotatable bonds is 5.